The SMILES string of the molecule is Nc1nc2c(c(=O)[nH]1)NCN2COCCO.O=P(O)(O)O.[KH]. The Bertz CT molecular complexity index is 570. The number of aromatic nitrogens is 2. The number of ether oxygens (including phenoxy) is 1. The summed E-state index contributed by atoms with van der Waals surface area (Å²) in [7, 11) is -4.64. The Hall–Kier alpha value is -0.0536. The molecule has 0 aromatic carbocycles. The number of fused-ring (bicyclic) bond motifs is 1. The van der Waals surface area contributed by atoms with Gasteiger partial charge in [-0.3, -0.25) is 9.78 Å². The molecule has 1 aliphatic heterocycles. The number of hydrogen-bond donors (Lipinski definition) is 7. The molecular formula is C8H17KN5O7P. The van der Waals surface area contributed by atoms with Crippen molar-refractivity contribution in [3.8, 4) is 0 Å². The van der Waals surface area contributed by atoms with Gasteiger partial charge >= 0.3 is 59.2 Å². The molecule has 0 radical (unpaired) electrons. The van der Waals surface area contributed by atoms with Crippen LogP contribution < -0.4 is 21.5 Å². The molecule has 12 nitrogen and oxygen atoms in total. The fourth-order valence-electron chi connectivity index (χ4n) is 1.46. The molecule has 1 aliphatic rings. The first kappa shape index (κ1) is 21.9. The molecule has 22 heavy (non-hydrogen) atoms. The molecule has 0 saturated carbocycles. The molecule has 8 N–H and O–H groups in total. The summed E-state index contributed by atoms with van der Waals surface area (Å²) in [5.41, 5.74) is 5.54. The van der Waals surface area contributed by atoms with Gasteiger partial charge in [0, 0.05) is 0 Å². The summed E-state index contributed by atoms with van der Waals surface area (Å²) >= 11 is 0. The number of aliphatic hydroxyl groups excluding tert-OH is 1. The van der Waals surface area contributed by atoms with Gasteiger partial charge in [0.2, 0.25) is 5.95 Å². The molecule has 0 bridgehead atoms. The van der Waals surface area contributed by atoms with Crippen LogP contribution in [0.1, 0.15) is 0 Å². The average Bonchev–Trinajstić information content (AvgIpc) is 2.71. The third-order valence-electron chi connectivity index (χ3n) is 2.15. The molecule has 0 amide bonds. The van der Waals surface area contributed by atoms with Gasteiger partial charge in [-0.05, 0) is 0 Å². The van der Waals surface area contributed by atoms with E-state index in [1.54, 1.807) is 4.90 Å². The second-order valence-corrected chi connectivity index (χ2v) is 4.83. The Morgan fingerprint density at radius 2 is 2.00 bits per heavy atom. The molecule has 14 heteroatoms. The maximum atomic E-state index is 11.5. The van der Waals surface area contributed by atoms with Gasteiger partial charge in [-0.2, -0.15) is 4.98 Å². The zero-order valence-electron chi connectivity index (χ0n) is 10.8. The minimum absolute atomic E-state index is 0. The van der Waals surface area contributed by atoms with Gasteiger partial charge in [-0.1, -0.05) is 0 Å². The topological polar surface area (TPSA) is 194 Å². The molecule has 0 aliphatic carbocycles. The van der Waals surface area contributed by atoms with Crippen LogP contribution in [-0.4, -0.2) is 108 Å². The molecular weight excluding hydrogens is 348 g/mol. The maximum absolute atomic E-state index is 11.5. The van der Waals surface area contributed by atoms with Crippen molar-refractivity contribution in [2.45, 2.75) is 0 Å². The normalized spacial score (nSPS) is 12.6. The Morgan fingerprint density at radius 1 is 1.41 bits per heavy atom. The fourth-order valence-corrected chi connectivity index (χ4v) is 1.46. The molecule has 0 atom stereocenters. The molecule has 0 fully saturated rings. The van der Waals surface area contributed by atoms with Crippen LogP contribution in [0.2, 0.25) is 0 Å². The second kappa shape index (κ2) is 9.95. The third-order valence-corrected chi connectivity index (χ3v) is 2.15. The number of H-pyrrole nitrogens is 1. The summed E-state index contributed by atoms with van der Waals surface area (Å²) in [4.78, 5) is 41.2. The Kier molecular flexibility index (Phi) is 9.92. The molecule has 1 aromatic rings. The first-order chi connectivity index (χ1) is 9.72. The van der Waals surface area contributed by atoms with Crippen molar-refractivity contribution in [2.24, 2.45) is 0 Å². The van der Waals surface area contributed by atoms with Crippen LogP contribution in [0, 0.1) is 0 Å². The van der Waals surface area contributed by atoms with E-state index in [0.29, 0.717) is 18.2 Å². The van der Waals surface area contributed by atoms with Crippen molar-refractivity contribution in [1.82, 2.24) is 9.97 Å². The molecule has 0 unspecified atom stereocenters. The van der Waals surface area contributed by atoms with Gasteiger partial charge in [0.15, 0.2) is 5.82 Å². The number of nitrogen functional groups attached to an aromatic ring is 1. The van der Waals surface area contributed by atoms with E-state index in [9.17, 15) is 4.79 Å². The fraction of sp³-hybridized carbons (Fsp3) is 0.500. The summed E-state index contributed by atoms with van der Waals surface area (Å²) in [5, 5.41) is 11.5. The zero-order valence-corrected chi connectivity index (χ0v) is 11.7. The molecule has 122 valence electrons. The van der Waals surface area contributed by atoms with Gasteiger partial charge in [-0.15, -0.1) is 0 Å². The van der Waals surface area contributed by atoms with Crippen molar-refractivity contribution in [3.05, 3.63) is 10.4 Å². The number of aromatic amines is 1. The Morgan fingerprint density at radius 3 is 2.55 bits per heavy atom. The van der Waals surface area contributed by atoms with Crippen LogP contribution in [0.4, 0.5) is 17.5 Å². The third kappa shape index (κ3) is 7.98. The number of nitrogens with one attached hydrogen (secondary N) is 2. The van der Waals surface area contributed by atoms with Crippen molar-refractivity contribution in [3.63, 3.8) is 0 Å². The number of hydrogen-bond acceptors (Lipinski definition) is 8. The number of nitrogens with two attached hydrogens (primary N) is 1. The quantitative estimate of drug-likeness (QED) is 0.162. The first-order valence-electron chi connectivity index (χ1n) is 5.58. The van der Waals surface area contributed by atoms with Crippen molar-refractivity contribution < 1.29 is 29.1 Å². The van der Waals surface area contributed by atoms with E-state index >= 15 is 0 Å². The van der Waals surface area contributed by atoms with Gasteiger partial charge < -0.3 is 40.5 Å². The van der Waals surface area contributed by atoms with Gasteiger partial charge in [0.05, 0.1) is 19.9 Å². The molecule has 0 saturated heterocycles. The van der Waals surface area contributed by atoms with E-state index in [1.807, 2.05) is 0 Å². The van der Waals surface area contributed by atoms with Crippen molar-refractivity contribution in [1.29, 1.82) is 0 Å². The number of nitrogens with zero attached hydrogens (tertiary/aromatic N) is 2. The van der Waals surface area contributed by atoms with Gasteiger partial charge in [-0.25, -0.2) is 4.57 Å². The predicted molar refractivity (Wildman–Crippen MR) is 79.6 cm³/mol. The number of anilines is 3. The molecule has 2 heterocycles. The van der Waals surface area contributed by atoms with E-state index in [-0.39, 0.29) is 82.8 Å². The van der Waals surface area contributed by atoms with Gasteiger partial charge in [0.25, 0.3) is 5.56 Å². The second-order valence-electron chi connectivity index (χ2n) is 3.80. The number of phosphoric acid groups is 1. The summed E-state index contributed by atoms with van der Waals surface area (Å²) < 4.78 is 14.0. The van der Waals surface area contributed by atoms with Gasteiger partial charge in [0.1, 0.15) is 12.4 Å². The summed E-state index contributed by atoms with van der Waals surface area (Å²) in [5.74, 6) is 0.541. The van der Waals surface area contributed by atoms with Crippen LogP contribution in [0.5, 0.6) is 0 Å². The van der Waals surface area contributed by atoms with Crippen LogP contribution in [0.3, 0.4) is 0 Å². The van der Waals surface area contributed by atoms with E-state index in [4.69, 9.17) is 34.8 Å². The monoisotopic (exact) mass is 365 g/mol. The summed E-state index contributed by atoms with van der Waals surface area (Å²) in [6, 6.07) is 0. The van der Waals surface area contributed by atoms with E-state index < -0.39 is 7.82 Å². The first-order valence-corrected chi connectivity index (χ1v) is 7.14. The van der Waals surface area contributed by atoms with Crippen LogP contribution in [0.15, 0.2) is 4.79 Å². The van der Waals surface area contributed by atoms with E-state index in [2.05, 4.69) is 15.3 Å². The molecule has 2 rings (SSSR count). The standard InChI is InChI=1S/C8H13N5O3.K.H3O4P.H/c9-8-11-6-5(7(15)12-8)10-3-13(6)4-16-2-1-14;;1-5(2,3)4;/h10,14H,1-4H2,(H3,9,11,12,15);;(H3,1,2,3,4);. The predicted octanol–water partition coefficient (Wildman–Crippen LogP) is -3.07. The van der Waals surface area contributed by atoms with E-state index in [1.165, 1.54) is 0 Å². The summed E-state index contributed by atoms with van der Waals surface area (Å²) in [6.07, 6.45) is 0. The number of aliphatic hydroxyl groups is 1. The number of rotatable bonds is 4. The molecule has 0 spiro atoms. The summed E-state index contributed by atoms with van der Waals surface area (Å²) in [6.45, 7) is 0.875. The van der Waals surface area contributed by atoms with Crippen molar-refractivity contribution in [2.75, 3.05) is 42.6 Å². The van der Waals surface area contributed by atoms with Crippen LogP contribution in [-0.2, 0) is 9.30 Å². The van der Waals surface area contributed by atoms with Crippen LogP contribution in [0.25, 0.3) is 0 Å². The molecule has 1 aromatic heterocycles. The van der Waals surface area contributed by atoms with Crippen molar-refractivity contribution >= 4 is 76.7 Å². The zero-order chi connectivity index (χ0) is 16.0. The van der Waals surface area contributed by atoms with E-state index in [0.717, 1.165) is 0 Å². The minimum atomic E-state index is -4.64. The Labute approximate surface area is 167 Å². The average molecular weight is 365 g/mol. The van der Waals surface area contributed by atoms with Crippen LogP contribution >= 0.6 is 7.82 Å². The Balaban J connectivity index is 0.000000644.